The van der Waals surface area contributed by atoms with Gasteiger partial charge in [-0.1, -0.05) is 0 Å². The molecule has 0 spiro atoms. The number of alkyl halides is 2. The maximum atomic E-state index is 15.5. The van der Waals surface area contributed by atoms with Gasteiger partial charge in [0.25, 0.3) is 0 Å². The summed E-state index contributed by atoms with van der Waals surface area (Å²) >= 11 is 0. The molecule has 2 aromatic rings. The van der Waals surface area contributed by atoms with Crippen LogP contribution in [0.25, 0.3) is 10.9 Å². The molecule has 3 fully saturated rings. The number of pyridine rings is 1. The minimum Gasteiger partial charge on any atom is -0.449 e. The van der Waals surface area contributed by atoms with Crippen molar-refractivity contribution in [3.05, 3.63) is 28.3 Å². The van der Waals surface area contributed by atoms with E-state index < -0.39 is 41.1 Å². The van der Waals surface area contributed by atoms with Crippen LogP contribution in [0.2, 0.25) is 0 Å². The predicted octanol–water partition coefficient (Wildman–Crippen LogP) is 3.11. The van der Waals surface area contributed by atoms with Crippen molar-refractivity contribution in [2.24, 2.45) is 11.7 Å². The van der Waals surface area contributed by atoms with Gasteiger partial charge in [0.1, 0.15) is 11.3 Å². The summed E-state index contributed by atoms with van der Waals surface area (Å²) in [6.07, 6.45) is 1.48. The maximum absolute atomic E-state index is 15.5. The lowest BCUT2D eigenvalue weighted by Gasteiger charge is -2.28. The highest BCUT2D eigenvalue weighted by atomic mass is 35.5. The maximum Gasteiger partial charge on any atom is 0.511 e. The lowest BCUT2D eigenvalue weighted by atomic mass is 9.91. The molecule has 1 aliphatic carbocycles. The van der Waals surface area contributed by atoms with Gasteiger partial charge in [-0.05, 0) is 25.3 Å². The minimum absolute atomic E-state index is 0. The third kappa shape index (κ3) is 3.93. The SMILES string of the molecule is Cl.NCC12CN(c3c(F)cc4c(=O)c(OC(=O)O)cn(C5CC5)c4c3OC(F)F)CC1CCO2. The average molecular weight is 506 g/mol. The van der Waals surface area contributed by atoms with Gasteiger partial charge in [0, 0.05) is 38.2 Å². The van der Waals surface area contributed by atoms with Crippen LogP contribution in [0.4, 0.5) is 23.7 Å². The van der Waals surface area contributed by atoms with Gasteiger partial charge in [-0.15, -0.1) is 12.4 Å². The van der Waals surface area contributed by atoms with E-state index in [0.717, 1.165) is 12.3 Å². The van der Waals surface area contributed by atoms with E-state index in [-0.39, 0.29) is 54.0 Å². The molecule has 2 atom stereocenters. The molecule has 1 aromatic heterocycles. The van der Waals surface area contributed by atoms with Crippen molar-refractivity contribution >= 4 is 35.2 Å². The summed E-state index contributed by atoms with van der Waals surface area (Å²) in [5.41, 5.74) is 4.07. The number of carboxylic acid groups (broad SMARTS) is 1. The number of fused-ring (bicyclic) bond motifs is 2. The second-order valence-electron chi connectivity index (χ2n) is 8.62. The Morgan fingerprint density at radius 3 is 2.68 bits per heavy atom. The number of nitrogens with two attached hydrogens (primary N) is 1. The Labute approximate surface area is 197 Å². The number of ether oxygens (including phenoxy) is 3. The summed E-state index contributed by atoms with van der Waals surface area (Å²) in [6, 6.07) is 0.725. The van der Waals surface area contributed by atoms with Crippen molar-refractivity contribution in [3.63, 3.8) is 0 Å². The summed E-state index contributed by atoms with van der Waals surface area (Å²) in [6.45, 7) is -2.06. The van der Waals surface area contributed by atoms with E-state index in [2.05, 4.69) is 4.74 Å². The van der Waals surface area contributed by atoms with Crippen molar-refractivity contribution in [1.82, 2.24) is 4.57 Å². The zero-order valence-corrected chi connectivity index (χ0v) is 18.7. The summed E-state index contributed by atoms with van der Waals surface area (Å²) in [7, 11) is 0. The van der Waals surface area contributed by atoms with Crippen LogP contribution >= 0.6 is 12.4 Å². The lowest BCUT2D eigenvalue weighted by Crippen LogP contribution is -2.44. The van der Waals surface area contributed by atoms with Crippen LogP contribution in [0.1, 0.15) is 25.3 Å². The van der Waals surface area contributed by atoms with Crippen LogP contribution in [-0.4, -0.2) is 54.3 Å². The molecule has 5 rings (SSSR count). The Hall–Kier alpha value is -2.70. The van der Waals surface area contributed by atoms with E-state index in [1.54, 1.807) is 4.90 Å². The van der Waals surface area contributed by atoms with Crippen molar-refractivity contribution in [1.29, 1.82) is 0 Å². The summed E-state index contributed by atoms with van der Waals surface area (Å²) in [4.78, 5) is 25.5. The first-order chi connectivity index (χ1) is 15.7. The second-order valence-corrected chi connectivity index (χ2v) is 8.62. The number of nitrogens with zero attached hydrogens (tertiary/aromatic N) is 2. The van der Waals surface area contributed by atoms with Crippen LogP contribution < -0.4 is 25.5 Å². The van der Waals surface area contributed by atoms with Gasteiger partial charge in [0.2, 0.25) is 5.43 Å². The first-order valence-electron chi connectivity index (χ1n) is 10.6. The van der Waals surface area contributed by atoms with Crippen molar-refractivity contribution in [3.8, 4) is 11.5 Å². The highest BCUT2D eigenvalue weighted by Gasteiger charge is 2.51. The first-order valence-corrected chi connectivity index (χ1v) is 10.6. The molecule has 0 bridgehead atoms. The van der Waals surface area contributed by atoms with Gasteiger partial charge in [-0.25, -0.2) is 9.18 Å². The molecule has 13 heteroatoms. The molecular weight excluding hydrogens is 483 g/mol. The summed E-state index contributed by atoms with van der Waals surface area (Å²) in [5.74, 6) is -1.97. The van der Waals surface area contributed by atoms with E-state index in [4.69, 9.17) is 20.3 Å². The number of rotatable bonds is 6. The molecule has 2 aliphatic heterocycles. The third-order valence-electron chi connectivity index (χ3n) is 6.67. The van der Waals surface area contributed by atoms with Crippen LogP contribution in [-0.2, 0) is 4.74 Å². The molecule has 34 heavy (non-hydrogen) atoms. The smallest absolute Gasteiger partial charge is 0.449 e. The zero-order chi connectivity index (χ0) is 23.5. The quantitative estimate of drug-likeness (QED) is 0.575. The number of carbonyl (C=O) groups is 1. The number of aromatic nitrogens is 1. The number of hydrogen-bond acceptors (Lipinski definition) is 7. The van der Waals surface area contributed by atoms with Crippen molar-refractivity contribution in [2.45, 2.75) is 37.5 Å². The molecule has 3 heterocycles. The van der Waals surface area contributed by atoms with Gasteiger partial charge in [0.15, 0.2) is 17.3 Å². The van der Waals surface area contributed by atoms with Crippen LogP contribution in [0.3, 0.4) is 0 Å². The number of anilines is 1. The van der Waals surface area contributed by atoms with Crippen LogP contribution in [0.15, 0.2) is 17.1 Å². The zero-order valence-electron chi connectivity index (χ0n) is 17.8. The molecule has 186 valence electrons. The molecule has 2 saturated heterocycles. The molecule has 9 nitrogen and oxygen atoms in total. The molecule has 3 N–H and O–H groups in total. The molecule has 0 radical (unpaired) electrons. The topological polar surface area (TPSA) is 116 Å². The van der Waals surface area contributed by atoms with E-state index in [9.17, 15) is 18.4 Å². The minimum atomic E-state index is -3.28. The van der Waals surface area contributed by atoms with Gasteiger partial charge < -0.3 is 34.5 Å². The summed E-state index contributed by atoms with van der Waals surface area (Å²) in [5, 5.41) is 8.65. The van der Waals surface area contributed by atoms with Gasteiger partial charge in [0.05, 0.1) is 17.1 Å². The van der Waals surface area contributed by atoms with E-state index in [1.807, 2.05) is 0 Å². The van der Waals surface area contributed by atoms with Gasteiger partial charge in [-0.2, -0.15) is 8.78 Å². The Morgan fingerprint density at radius 1 is 1.35 bits per heavy atom. The third-order valence-corrected chi connectivity index (χ3v) is 6.67. The molecule has 1 aromatic carbocycles. The Morgan fingerprint density at radius 2 is 2.09 bits per heavy atom. The fraction of sp³-hybridized carbons (Fsp3) is 0.524. The Kier molecular flexibility index (Phi) is 6.34. The van der Waals surface area contributed by atoms with Gasteiger partial charge >= 0.3 is 12.8 Å². The molecule has 1 saturated carbocycles. The Bertz CT molecular complexity index is 1190. The number of hydrogen-bond donors (Lipinski definition) is 2. The second kappa shape index (κ2) is 8.82. The molecule has 2 unspecified atom stereocenters. The fourth-order valence-corrected chi connectivity index (χ4v) is 5.05. The van der Waals surface area contributed by atoms with E-state index in [1.165, 1.54) is 4.57 Å². The predicted molar refractivity (Wildman–Crippen MR) is 117 cm³/mol. The van der Waals surface area contributed by atoms with E-state index in [0.29, 0.717) is 32.4 Å². The lowest BCUT2D eigenvalue weighted by molar-refractivity contribution is -0.0488. The highest BCUT2D eigenvalue weighted by molar-refractivity contribution is 5.92. The Balaban J connectivity index is 0.00000274. The summed E-state index contributed by atoms with van der Waals surface area (Å²) < 4.78 is 59.2. The normalized spacial score (nSPS) is 23.8. The molecular formula is C21H23ClF3N3O6. The standard InChI is InChI=1S/C21H22F3N3O6.ClH/c22-13-5-12-15(27(11-1-2-11)7-14(17(12)28)32-20(29)30)18(33-19(23)24)16(13)26-6-10-3-4-31-21(10,8-25)9-26;/h5,7,10-11,19H,1-4,6,8-9,25H2,(H,29,30);1H. The molecule has 3 aliphatic rings. The number of halogens is 4. The first kappa shape index (κ1) is 24.4. The fourth-order valence-electron chi connectivity index (χ4n) is 5.05. The van der Waals surface area contributed by atoms with Crippen molar-refractivity contribution < 1.29 is 37.3 Å². The highest BCUT2D eigenvalue weighted by Crippen LogP contribution is 2.48. The molecule has 0 amide bonds. The average Bonchev–Trinajstić information content (AvgIpc) is 3.41. The van der Waals surface area contributed by atoms with E-state index >= 15 is 4.39 Å². The van der Waals surface area contributed by atoms with Crippen LogP contribution in [0, 0.1) is 11.7 Å². The number of benzene rings is 1. The van der Waals surface area contributed by atoms with Crippen LogP contribution in [0.5, 0.6) is 11.5 Å². The van der Waals surface area contributed by atoms with Crippen molar-refractivity contribution in [2.75, 3.05) is 31.1 Å². The largest absolute Gasteiger partial charge is 0.511 e. The monoisotopic (exact) mass is 505 g/mol. The van der Waals surface area contributed by atoms with Gasteiger partial charge in [-0.3, -0.25) is 4.79 Å².